The molecule has 1 unspecified atom stereocenters. The van der Waals surface area contributed by atoms with Gasteiger partial charge in [0.2, 0.25) is 17.1 Å². The summed E-state index contributed by atoms with van der Waals surface area (Å²) < 4.78 is 10.3. The van der Waals surface area contributed by atoms with Crippen molar-refractivity contribution in [3.8, 4) is 5.75 Å². The van der Waals surface area contributed by atoms with Crippen LogP contribution < -0.4 is 15.5 Å². The van der Waals surface area contributed by atoms with Gasteiger partial charge in [0.15, 0.2) is 0 Å². The first-order valence-corrected chi connectivity index (χ1v) is 7.16. The van der Waals surface area contributed by atoms with Crippen LogP contribution in [-0.4, -0.2) is 41.1 Å². The van der Waals surface area contributed by atoms with E-state index in [0.717, 1.165) is 19.5 Å². The molecule has 1 N–H and O–H groups in total. The van der Waals surface area contributed by atoms with Crippen molar-refractivity contribution in [1.82, 2.24) is 14.9 Å². The highest BCUT2D eigenvalue weighted by molar-refractivity contribution is 5.25. The molecule has 116 valence electrons. The van der Waals surface area contributed by atoms with Gasteiger partial charge in [-0.3, -0.25) is 9.69 Å². The third-order valence-corrected chi connectivity index (χ3v) is 3.62. The molecule has 7 nitrogen and oxygen atoms in total. The zero-order valence-electron chi connectivity index (χ0n) is 12.4. The molecule has 0 amide bonds. The maximum atomic E-state index is 11.7. The third-order valence-electron chi connectivity index (χ3n) is 3.62. The van der Waals surface area contributed by atoms with Crippen molar-refractivity contribution in [3.63, 3.8) is 0 Å². The second kappa shape index (κ2) is 6.57. The van der Waals surface area contributed by atoms with Crippen molar-refractivity contribution >= 4 is 5.95 Å². The van der Waals surface area contributed by atoms with Gasteiger partial charge in [-0.2, -0.15) is 0 Å². The number of anilines is 1. The Morgan fingerprint density at radius 1 is 1.45 bits per heavy atom. The van der Waals surface area contributed by atoms with Crippen molar-refractivity contribution in [2.75, 3.05) is 25.5 Å². The Labute approximate surface area is 128 Å². The topological polar surface area (TPSA) is 80.5 Å². The predicted molar refractivity (Wildman–Crippen MR) is 80.9 cm³/mol. The molecule has 3 rings (SSSR count). The molecule has 1 aliphatic heterocycles. The fraction of sp³-hybridized carbons (Fsp3) is 0.400. The zero-order chi connectivity index (χ0) is 15.4. The van der Waals surface area contributed by atoms with Crippen LogP contribution in [0.5, 0.6) is 5.75 Å². The Hall–Kier alpha value is -2.41. The summed E-state index contributed by atoms with van der Waals surface area (Å²) in [5.41, 5.74) is -0.157. The normalized spacial score (nSPS) is 18.3. The number of nitrogens with zero attached hydrogens (tertiary/aromatic N) is 3. The van der Waals surface area contributed by atoms with E-state index in [4.69, 9.17) is 9.15 Å². The maximum Gasteiger partial charge on any atom is 0.227 e. The highest BCUT2D eigenvalue weighted by Gasteiger charge is 2.23. The smallest absolute Gasteiger partial charge is 0.227 e. The van der Waals surface area contributed by atoms with E-state index in [1.807, 2.05) is 0 Å². The number of ether oxygens (including phenoxy) is 1. The minimum Gasteiger partial charge on any atom is -0.490 e. The second-order valence-electron chi connectivity index (χ2n) is 5.22. The van der Waals surface area contributed by atoms with Crippen LogP contribution in [0, 0.1) is 0 Å². The van der Waals surface area contributed by atoms with E-state index in [9.17, 15) is 4.79 Å². The van der Waals surface area contributed by atoms with Crippen LogP contribution in [0.3, 0.4) is 0 Å². The van der Waals surface area contributed by atoms with Crippen LogP contribution in [-0.2, 0) is 6.54 Å². The first-order valence-electron chi connectivity index (χ1n) is 7.16. The Balaban J connectivity index is 1.57. The van der Waals surface area contributed by atoms with Crippen molar-refractivity contribution in [2.24, 2.45) is 0 Å². The number of hydrogen-bond donors (Lipinski definition) is 1. The molecule has 1 fully saturated rings. The van der Waals surface area contributed by atoms with Gasteiger partial charge in [0.05, 0.1) is 13.7 Å². The highest BCUT2D eigenvalue weighted by Crippen LogP contribution is 2.16. The van der Waals surface area contributed by atoms with Crippen molar-refractivity contribution in [2.45, 2.75) is 19.0 Å². The average Bonchev–Trinajstić information content (AvgIpc) is 2.95. The van der Waals surface area contributed by atoms with Crippen molar-refractivity contribution in [3.05, 3.63) is 46.8 Å². The van der Waals surface area contributed by atoms with Crippen LogP contribution in [0.4, 0.5) is 5.95 Å². The molecule has 3 heterocycles. The lowest BCUT2D eigenvalue weighted by atomic mass is 10.3. The summed E-state index contributed by atoms with van der Waals surface area (Å²) in [5, 5.41) is 3.31. The highest BCUT2D eigenvalue weighted by atomic mass is 16.5. The van der Waals surface area contributed by atoms with E-state index in [2.05, 4.69) is 20.2 Å². The molecule has 1 saturated heterocycles. The van der Waals surface area contributed by atoms with Crippen LogP contribution >= 0.6 is 0 Å². The summed E-state index contributed by atoms with van der Waals surface area (Å²) >= 11 is 0. The minimum atomic E-state index is -0.157. The summed E-state index contributed by atoms with van der Waals surface area (Å²) in [7, 11) is 1.45. The van der Waals surface area contributed by atoms with Crippen molar-refractivity contribution < 1.29 is 9.15 Å². The van der Waals surface area contributed by atoms with E-state index in [0.29, 0.717) is 24.3 Å². The van der Waals surface area contributed by atoms with Crippen LogP contribution in [0.2, 0.25) is 0 Å². The molecule has 2 aromatic rings. The first kappa shape index (κ1) is 14.5. The van der Waals surface area contributed by atoms with Gasteiger partial charge >= 0.3 is 0 Å². The number of aromatic nitrogens is 2. The SMILES string of the molecule is COc1coc(CN2CCC(Nc3ncccn3)C2)cc1=O. The summed E-state index contributed by atoms with van der Waals surface area (Å²) in [6, 6.07) is 3.57. The molecular weight excluding hydrogens is 284 g/mol. The van der Waals surface area contributed by atoms with Crippen LogP contribution in [0.1, 0.15) is 12.2 Å². The summed E-state index contributed by atoms with van der Waals surface area (Å²) in [4.78, 5) is 22.3. The predicted octanol–water partition coefficient (Wildman–Crippen LogP) is 1.12. The van der Waals surface area contributed by atoms with Gasteiger partial charge in [0.1, 0.15) is 12.0 Å². The number of hydrogen-bond acceptors (Lipinski definition) is 7. The van der Waals surface area contributed by atoms with Gasteiger partial charge in [0.25, 0.3) is 0 Å². The maximum absolute atomic E-state index is 11.7. The first-order chi connectivity index (χ1) is 10.7. The molecule has 2 aromatic heterocycles. The molecule has 0 bridgehead atoms. The van der Waals surface area contributed by atoms with Crippen LogP contribution in [0.15, 0.2) is 40.0 Å². The molecule has 0 aliphatic carbocycles. The fourth-order valence-corrected chi connectivity index (χ4v) is 2.54. The average molecular weight is 302 g/mol. The van der Waals surface area contributed by atoms with E-state index >= 15 is 0 Å². The monoisotopic (exact) mass is 302 g/mol. The molecule has 1 aliphatic rings. The Bertz CT molecular complexity index is 674. The summed E-state index contributed by atoms with van der Waals surface area (Å²) in [6.45, 7) is 2.39. The Morgan fingerprint density at radius 3 is 3.00 bits per heavy atom. The molecule has 1 atom stereocenters. The molecule has 0 saturated carbocycles. The second-order valence-corrected chi connectivity index (χ2v) is 5.22. The van der Waals surface area contributed by atoms with Gasteiger partial charge in [0, 0.05) is 37.6 Å². The largest absolute Gasteiger partial charge is 0.490 e. The van der Waals surface area contributed by atoms with Gasteiger partial charge in [-0.15, -0.1) is 0 Å². The zero-order valence-corrected chi connectivity index (χ0v) is 12.4. The van der Waals surface area contributed by atoms with E-state index in [-0.39, 0.29) is 11.2 Å². The summed E-state index contributed by atoms with van der Waals surface area (Å²) in [5.74, 6) is 1.51. The fourth-order valence-electron chi connectivity index (χ4n) is 2.54. The number of methoxy groups -OCH3 is 1. The molecule has 0 spiro atoms. The summed E-state index contributed by atoms with van der Waals surface area (Å²) in [6.07, 6.45) is 5.79. The lowest BCUT2D eigenvalue weighted by Gasteiger charge is -2.16. The number of likely N-dealkylation sites (tertiary alicyclic amines) is 1. The Kier molecular flexibility index (Phi) is 4.34. The van der Waals surface area contributed by atoms with Gasteiger partial charge in [-0.1, -0.05) is 0 Å². The third kappa shape index (κ3) is 3.43. The molecule has 0 aromatic carbocycles. The minimum absolute atomic E-state index is 0.157. The molecule has 22 heavy (non-hydrogen) atoms. The molecule has 0 radical (unpaired) electrons. The molecule has 7 heteroatoms. The standard InChI is InChI=1S/C15H18N4O3/c1-21-14-10-22-12(7-13(14)20)9-19-6-3-11(8-19)18-15-16-4-2-5-17-15/h2,4-5,7,10-11H,3,6,8-9H2,1H3,(H,16,17,18). The quantitative estimate of drug-likeness (QED) is 0.886. The number of rotatable bonds is 5. The van der Waals surface area contributed by atoms with Gasteiger partial charge < -0.3 is 14.5 Å². The van der Waals surface area contributed by atoms with E-state index in [1.165, 1.54) is 19.4 Å². The van der Waals surface area contributed by atoms with E-state index < -0.39 is 0 Å². The van der Waals surface area contributed by atoms with Crippen LogP contribution in [0.25, 0.3) is 0 Å². The van der Waals surface area contributed by atoms with Gasteiger partial charge in [-0.25, -0.2) is 9.97 Å². The lowest BCUT2D eigenvalue weighted by molar-refractivity contribution is 0.286. The Morgan fingerprint density at radius 2 is 2.27 bits per heavy atom. The molecular formula is C15H18N4O3. The van der Waals surface area contributed by atoms with Gasteiger partial charge in [-0.05, 0) is 12.5 Å². The van der Waals surface area contributed by atoms with Crippen molar-refractivity contribution in [1.29, 1.82) is 0 Å². The lowest BCUT2D eigenvalue weighted by Crippen LogP contribution is -2.26. The number of nitrogens with one attached hydrogen (secondary N) is 1. The van der Waals surface area contributed by atoms with E-state index in [1.54, 1.807) is 18.5 Å².